The van der Waals surface area contributed by atoms with Gasteiger partial charge in [-0.1, -0.05) is 0 Å². The molecule has 3 heterocycles. The summed E-state index contributed by atoms with van der Waals surface area (Å²) in [5, 5.41) is 0. The highest BCUT2D eigenvalue weighted by molar-refractivity contribution is 5.91. The smallest absolute Gasteiger partial charge is 0.410 e. The third kappa shape index (κ3) is 5.38. The Hall–Kier alpha value is -3.27. The number of hydrazine groups is 1. The molecule has 0 aliphatic carbocycles. The topological polar surface area (TPSA) is 133 Å². The first-order valence-corrected chi connectivity index (χ1v) is 9.15. The summed E-state index contributed by atoms with van der Waals surface area (Å²) in [6.45, 7) is 7.18. The maximum Gasteiger partial charge on any atom is 0.410 e. The molecule has 2 amide bonds. The number of ether oxygens (including phenoxy) is 2. The monoisotopic (exact) mass is 400 g/mol. The molecule has 1 aliphatic heterocycles. The van der Waals surface area contributed by atoms with E-state index >= 15 is 0 Å². The lowest BCUT2D eigenvalue weighted by molar-refractivity contribution is -0.00808. The van der Waals surface area contributed by atoms with Crippen molar-refractivity contribution in [3.63, 3.8) is 0 Å². The van der Waals surface area contributed by atoms with Crippen molar-refractivity contribution < 1.29 is 19.1 Å². The van der Waals surface area contributed by atoms with Gasteiger partial charge in [-0.3, -0.25) is 15.2 Å². The average molecular weight is 400 g/mol. The third-order valence-corrected chi connectivity index (χ3v) is 4.11. The highest BCUT2D eigenvalue weighted by atomic mass is 16.6. The van der Waals surface area contributed by atoms with Gasteiger partial charge in [0.15, 0.2) is 0 Å². The molecule has 10 nitrogen and oxygen atoms in total. The van der Waals surface area contributed by atoms with Crippen LogP contribution in [0.15, 0.2) is 30.7 Å². The number of carbonyl (C=O) groups excluding carboxylic acids is 2. The second-order valence-corrected chi connectivity index (χ2v) is 7.71. The number of nitrogens with two attached hydrogens (primary N) is 1. The number of amides is 2. The predicted octanol–water partition coefficient (Wildman–Crippen LogP) is 1.39. The van der Waals surface area contributed by atoms with Gasteiger partial charge < -0.3 is 14.4 Å². The van der Waals surface area contributed by atoms with E-state index in [1.165, 1.54) is 12.4 Å². The molecule has 2 aromatic heterocycles. The summed E-state index contributed by atoms with van der Waals surface area (Å²) in [5.74, 6) is 5.30. The van der Waals surface area contributed by atoms with Crippen LogP contribution >= 0.6 is 0 Å². The van der Waals surface area contributed by atoms with Crippen molar-refractivity contribution in [3.8, 4) is 17.1 Å². The normalized spacial score (nSPS) is 14.1. The van der Waals surface area contributed by atoms with Crippen LogP contribution in [0.5, 0.6) is 5.88 Å². The Morgan fingerprint density at radius 3 is 2.62 bits per heavy atom. The summed E-state index contributed by atoms with van der Waals surface area (Å²) in [6.07, 6.45) is 4.15. The zero-order valence-corrected chi connectivity index (χ0v) is 16.6. The number of carbonyl (C=O) groups is 2. The van der Waals surface area contributed by atoms with Gasteiger partial charge in [0, 0.05) is 36.8 Å². The minimum absolute atomic E-state index is 0.116. The number of nitrogens with zero attached hydrogens (tertiary/aromatic N) is 4. The maximum absolute atomic E-state index is 11.9. The summed E-state index contributed by atoms with van der Waals surface area (Å²) in [6, 6.07) is 3.50. The summed E-state index contributed by atoms with van der Waals surface area (Å²) in [4.78, 5) is 37.6. The zero-order chi connectivity index (χ0) is 21.0. The maximum atomic E-state index is 11.9. The second kappa shape index (κ2) is 8.39. The van der Waals surface area contributed by atoms with Crippen molar-refractivity contribution in [2.75, 3.05) is 19.7 Å². The lowest BCUT2D eigenvalue weighted by atomic mass is 10.0. The Morgan fingerprint density at radius 1 is 1.24 bits per heavy atom. The van der Waals surface area contributed by atoms with Crippen molar-refractivity contribution in [1.82, 2.24) is 25.3 Å². The van der Waals surface area contributed by atoms with E-state index in [-0.39, 0.29) is 17.7 Å². The van der Waals surface area contributed by atoms with Crippen LogP contribution in [0.4, 0.5) is 4.79 Å². The molecule has 2 aromatic rings. The zero-order valence-electron chi connectivity index (χ0n) is 16.6. The predicted molar refractivity (Wildman–Crippen MR) is 104 cm³/mol. The van der Waals surface area contributed by atoms with Crippen molar-refractivity contribution in [1.29, 1.82) is 0 Å². The molecule has 0 saturated carbocycles. The highest BCUT2D eigenvalue weighted by Gasteiger charge is 2.34. The molecule has 0 unspecified atom stereocenters. The summed E-state index contributed by atoms with van der Waals surface area (Å²) < 4.78 is 11.0. The molecule has 0 spiro atoms. The molecule has 0 aromatic carbocycles. The van der Waals surface area contributed by atoms with Crippen LogP contribution in [0, 0.1) is 5.92 Å². The van der Waals surface area contributed by atoms with Crippen molar-refractivity contribution in [2.24, 2.45) is 11.8 Å². The van der Waals surface area contributed by atoms with Crippen LogP contribution in [0.25, 0.3) is 11.3 Å². The third-order valence-electron chi connectivity index (χ3n) is 4.11. The first-order valence-electron chi connectivity index (χ1n) is 9.15. The van der Waals surface area contributed by atoms with Gasteiger partial charge in [-0.15, -0.1) is 0 Å². The summed E-state index contributed by atoms with van der Waals surface area (Å²) in [7, 11) is 0. The van der Waals surface area contributed by atoms with Crippen molar-refractivity contribution >= 4 is 12.0 Å². The van der Waals surface area contributed by atoms with E-state index in [4.69, 9.17) is 15.3 Å². The fourth-order valence-electron chi connectivity index (χ4n) is 2.66. The van der Waals surface area contributed by atoms with E-state index in [2.05, 4.69) is 15.0 Å². The van der Waals surface area contributed by atoms with Gasteiger partial charge in [-0.05, 0) is 26.8 Å². The number of nitrogens with one attached hydrogen (secondary N) is 1. The van der Waals surface area contributed by atoms with E-state index < -0.39 is 11.5 Å². The van der Waals surface area contributed by atoms with Crippen LogP contribution in [0.2, 0.25) is 0 Å². The van der Waals surface area contributed by atoms with Gasteiger partial charge in [0.25, 0.3) is 5.91 Å². The number of rotatable bonds is 5. The van der Waals surface area contributed by atoms with Crippen LogP contribution in [0.3, 0.4) is 0 Å². The molecular weight excluding hydrogens is 376 g/mol. The Bertz CT molecular complexity index is 875. The Labute approximate surface area is 168 Å². The standard InChI is InChI=1S/C19H24N6O4/c1-19(2,3)29-18(27)25-9-12(10-25)11-28-16-5-4-13(6-22-16)14-7-21-8-15(23-14)17(26)24-20/h4-8,12H,9-11,20H2,1-3H3,(H,24,26). The van der Waals surface area contributed by atoms with E-state index in [0.717, 1.165) is 0 Å². The van der Waals surface area contributed by atoms with Gasteiger partial charge in [-0.2, -0.15) is 0 Å². The molecule has 0 radical (unpaired) electrons. The number of aromatic nitrogens is 3. The van der Waals surface area contributed by atoms with Crippen LogP contribution in [-0.2, 0) is 4.74 Å². The van der Waals surface area contributed by atoms with Crippen LogP contribution < -0.4 is 16.0 Å². The molecule has 154 valence electrons. The fourth-order valence-corrected chi connectivity index (χ4v) is 2.66. The molecule has 10 heteroatoms. The Morgan fingerprint density at radius 2 is 2.00 bits per heavy atom. The SMILES string of the molecule is CC(C)(C)OC(=O)N1CC(COc2ccc(-c3cncc(C(=O)NN)n3)cn2)C1. The number of hydrogen-bond acceptors (Lipinski definition) is 8. The average Bonchev–Trinajstić information content (AvgIpc) is 2.65. The molecule has 29 heavy (non-hydrogen) atoms. The molecule has 0 bridgehead atoms. The van der Waals surface area contributed by atoms with E-state index in [1.54, 1.807) is 23.2 Å². The van der Waals surface area contributed by atoms with Crippen LogP contribution in [-0.4, -0.2) is 57.1 Å². The molecular formula is C19H24N6O4. The first kappa shape index (κ1) is 20.5. The van der Waals surface area contributed by atoms with Gasteiger partial charge in [-0.25, -0.2) is 20.6 Å². The van der Waals surface area contributed by atoms with Gasteiger partial charge >= 0.3 is 6.09 Å². The fraction of sp³-hybridized carbons (Fsp3) is 0.421. The number of nitrogen functional groups attached to an aromatic ring is 1. The summed E-state index contributed by atoms with van der Waals surface area (Å²) >= 11 is 0. The quantitative estimate of drug-likeness (QED) is 0.437. The Balaban J connectivity index is 1.50. The number of likely N-dealkylation sites (tertiary alicyclic amines) is 1. The second-order valence-electron chi connectivity index (χ2n) is 7.71. The molecule has 0 atom stereocenters. The summed E-state index contributed by atoms with van der Waals surface area (Å²) in [5.41, 5.74) is 2.83. The number of hydrogen-bond donors (Lipinski definition) is 2. The molecule has 3 rings (SSSR count). The molecule has 3 N–H and O–H groups in total. The van der Waals surface area contributed by atoms with E-state index in [1.807, 2.05) is 26.2 Å². The lowest BCUT2D eigenvalue weighted by Gasteiger charge is -2.39. The van der Waals surface area contributed by atoms with Crippen LogP contribution in [0.1, 0.15) is 31.3 Å². The molecule has 1 fully saturated rings. The minimum Gasteiger partial charge on any atom is -0.477 e. The Kier molecular flexibility index (Phi) is 5.92. The van der Waals surface area contributed by atoms with E-state index in [9.17, 15) is 9.59 Å². The highest BCUT2D eigenvalue weighted by Crippen LogP contribution is 2.22. The minimum atomic E-state index is -0.520. The molecule has 1 saturated heterocycles. The largest absolute Gasteiger partial charge is 0.477 e. The van der Waals surface area contributed by atoms with Gasteiger partial charge in [0.1, 0.15) is 11.3 Å². The van der Waals surface area contributed by atoms with Crippen molar-refractivity contribution in [2.45, 2.75) is 26.4 Å². The lowest BCUT2D eigenvalue weighted by Crippen LogP contribution is -2.53. The first-order chi connectivity index (χ1) is 13.7. The molecule has 1 aliphatic rings. The van der Waals surface area contributed by atoms with Crippen molar-refractivity contribution in [3.05, 3.63) is 36.4 Å². The van der Waals surface area contributed by atoms with Gasteiger partial charge in [0.2, 0.25) is 5.88 Å². The van der Waals surface area contributed by atoms with Gasteiger partial charge in [0.05, 0.1) is 24.7 Å². The van der Waals surface area contributed by atoms with E-state index in [0.29, 0.717) is 36.8 Å². The number of pyridine rings is 1.